The molecule has 2 aromatic carbocycles. The summed E-state index contributed by atoms with van der Waals surface area (Å²) < 4.78 is 17.3. The second-order valence-electron chi connectivity index (χ2n) is 12.3. The number of ether oxygens (including phenoxy) is 3. The minimum atomic E-state index is -0.899. The number of fused-ring (bicyclic) bond motifs is 1. The molecule has 23 heteroatoms. The molecule has 0 aliphatic carbocycles. The first-order chi connectivity index (χ1) is 28.4. The fourth-order valence-electron chi connectivity index (χ4n) is 5.81. The van der Waals surface area contributed by atoms with Crippen LogP contribution in [0, 0.1) is 10.1 Å². The van der Waals surface area contributed by atoms with E-state index in [0.29, 0.717) is 28.5 Å². The van der Waals surface area contributed by atoms with Gasteiger partial charge in [-0.3, -0.25) is 24.7 Å². The first-order valence-electron chi connectivity index (χ1n) is 17.5. The third-order valence-corrected chi connectivity index (χ3v) is 8.49. The number of nitrogens with zero attached hydrogens (tertiary/aromatic N) is 11. The Hall–Kier alpha value is -8.34. The third-order valence-electron chi connectivity index (χ3n) is 8.49. The van der Waals surface area contributed by atoms with Gasteiger partial charge in [-0.15, -0.1) is 0 Å². The van der Waals surface area contributed by atoms with Gasteiger partial charge in [-0.1, -0.05) is 31.7 Å². The average molecular weight is 838 g/mol. The van der Waals surface area contributed by atoms with Crippen LogP contribution in [0.15, 0.2) is 85.5 Å². The van der Waals surface area contributed by atoms with Crippen LogP contribution in [0.1, 0.15) is 51.8 Å². The maximum absolute atomic E-state index is 12.8. The standard InChI is InChI=1S/C19H19N7O6.C18H16N6O3.CH4.O/c1-3-32-19(28)24(11-12-6-4-7-13(10-12)17(27)31-2)16-14(26(29)30)15(20)22-18(23-16)25-9-5-8-21-25;1-27-17(26)12-5-2-4-11(8-12)10-23-14(25)9-13-15(19)21-18(22-16(13)23)24-7-3-6-20-24;;/h4-10H,3,11H2,1-2H3,(H2,20,22,23);2-8H,9-10H2,1H3,(H2,19,21,22);1H4;/q;;;-2. The molecule has 6 aromatic rings. The van der Waals surface area contributed by atoms with Crippen LogP contribution in [0.25, 0.3) is 11.9 Å². The van der Waals surface area contributed by atoms with Gasteiger partial charge in [-0.25, -0.2) is 23.7 Å². The largest absolute Gasteiger partial charge is 2.00 e. The Kier molecular flexibility index (Phi) is 14.8. The summed E-state index contributed by atoms with van der Waals surface area (Å²) in [5.74, 6) is -1.05. The molecule has 5 heterocycles. The predicted octanol–water partition coefficient (Wildman–Crippen LogP) is 3.74. The number of methoxy groups -OCH3 is 2. The minimum Gasteiger partial charge on any atom is -2.00 e. The highest BCUT2D eigenvalue weighted by Gasteiger charge is 2.34. The van der Waals surface area contributed by atoms with Gasteiger partial charge in [0.1, 0.15) is 11.6 Å². The summed E-state index contributed by atoms with van der Waals surface area (Å²) in [5.41, 5.74) is 13.7. The molecule has 7 rings (SSSR count). The Bertz CT molecular complexity index is 2530. The van der Waals surface area contributed by atoms with Gasteiger partial charge in [0.25, 0.3) is 11.9 Å². The van der Waals surface area contributed by atoms with E-state index < -0.39 is 34.5 Å². The van der Waals surface area contributed by atoms with Crippen LogP contribution in [0.2, 0.25) is 0 Å². The molecule has 0 atom stereocenters. The fourth-order valence-corrected chi connectivity index (χ4v) is 5.81. The van der Waals surface area contributed by atoms with Crippen molar-refractivity contribution < 1.29 is 43.8 Å². The van der Waals surface area contributed by atoms with Gasteiger partial charge < -0.3 is 31.2 Å². The van der Waals surface area contributed by atoms with Crippen LogP contribution in [0.3, 0.4) is 0 Å². The zero-order valence-corrected chi connectivity index (χ0v) is 32.1. The fraction of sp³-hybridized carbons (Fsp3) is 0.211. The number of nitrogens with two attached hydrogens (primary N) is 2. The zero-order chi connectivity index (χ0) is 42.2. The Balaban J connectivity index is 0.000000263. The Labute approximate surface area is 347 Å². The van der Waals surface area contributed by atoms with Crippen molar-refractivity contribution in [2.45, 2.75) is 33.9 Å². The molecule has 61 heavy (non-hydrogen) atoms. The van der Waals surface area contributed by atoms with E-state index in [4.69, 9.17) is 25.7 Å². The van der Waals surface area contributed by atoms with Gasteiger partial charge in [-0.2, -0.15) is 30.1 Å². The number of amides is 2. The van der Waals surface area contributed by atoms with E-state index in [1.807, 2.05) is 6.07 Å². The first-order valence-corrected chi connectivity index (χ1v) is 17.5. The SMILES string of the molecule is C.CCOC(=O)N(Cc1cccc(C(=O)OC)c1)c1nc(-n2cccn2)nc(N)c1[N+](=O)[O-].COC(=O)c1cccc(CN2C(=O)Cc3c(N)nc(-n4cccn4)nc32)c1.[O-2]. The molecule has 4 aromatic heterocycles. The quantitative estimate of drug-likeness (QED) is 0.0812. The van der Waals surface area contributed by atoms with Crippen LogP contribution in [-0.4, -0.2) is 89.2 Å². The highest BCUT2D eigenvalue weighted by atomic mass is 16.6. The number of aromatic nitrogens is 8. The van der Waals surface area contributed by atoms with Crippen LogP contribution in [-0.2, 0) is 44.0 Å². The number of rotatable bonds is 11. The monoisotopic (exact) mass is 837 g/mol. The average Bonchev–Trinajstić information content (AvgIpc) is 4.03. The number of benzene rings is 2. The van der Waals surface area contributed by atoms with Crippen LogP contribution in [0.5, 0.6) is 0 Å². The number of nitrogen functional groups attached to an aromatic ring is 2. The molecule has 318 valence electrons. The second-order valence-corrected chi connectivity index (χ2v) is 12.3. The number of anilines is 4. The maximum atomic E-state index is 12.8. The van der Waals surface area contributed by atoms with E-state index in [1.165, 1.54) is 53.0 Å². The molecular weight excluding hydrogens is 798 g/mol. The molecule has 0 radical (unpaired) electrons. The molecule has 1 aliphatic heterocycles. The molecule has 4 N–H and O–H groups in total. The van der Waals surface area contributed by atoms with Crippen LogP contribution < -0.4 is 21.3 Å². The summed E-state index contributed by atoms with van der Waals surface area (Å²) in [4.78, 5) is 79.2. The van der Waals surface area contributed by atoms with Crippen molar-refractivity contribution in [3.8, 4) is 11.9 Å². The van der Waals surface area contributed by atoms with Gasteiger partial charge >= 0.3 is 23.7 Å². The number of hydrogen-bond donors (Lipinski definition) is 2. The topological polar surface area (TPSA) is 313 Å². The van der Waals surface area contributed by atoms with E-state index in [0.717, 1.165) is 10.5 Å². The van der Waals surface area contributed by atoms with Crippen molar-refractivity contribution in [1.29, 1.82) is 0 Å². The van der Waals surface area contributed by atoms with Crippen LogP contribution in [0.4, 0.5) is 33.8 Å². The molecule has 0 saturated heterocycles. The second kappa shape index (κ2) is 19.9. The number of hydrogen-bond acceptors (Lipinski definition) is 17. The lowest BCUT2D eigenvalue weighted by Gasteiger charge is -2.21. The Morgan fingerprint density at radius 2 is 1.39 bits per heavy atom. The summed E-state index contributed by atoms with van der Waals surface area (Å²) in [6, 6.07) is 16.5. The van der Waals surface area contributed by atoms with Crippen molar-refractivity contribution in [1.82, 2.24) is 39.5 Å². The highest BCUT2D eigenvalue weighted by Crippen LogP contribution is 2.34. The smallest absolute Gasteiger partial charge is 0.415 e. The normalized spacial score (nSPS) is 11.2. The van der Waals surface area contributed by atoms with E-state index in [1.54, 1.807) is 61.8 Å². The lowest BCUT2D eigenvalue weighted by molar-refractivity contribution is -0.383. The molecule has 2 amide bonds. The summed E-state index contributed by atoms with van der Waals surface area (Å²) in [5, 5.41) is 19.8. The molecular formula is C38H39N13O10-2. The van der Waals surface area contributed by atoms with E-state index >= 15 is 0 Å². The highest BCUT2D eigenvalue weighted by molar-refractivity contribution is 6.01. The Morgan fingerprint density at radius 1 is 0.836 bits per heavy atom. The van der Waals surface area contributed by atoms with Crippen molar-refractivity contribution in [3.05, 3.63) is 123 Å². The van der Waals surface area contributed by atoms with Crippen LogP contribution >= 0.6 is 0 Å². The number of carbonyl (C=O) groups is 4. The third kappa shape index (κ3) is 10.0. The predicted molar refractivity (Wildman–Crippen MR) is 215 cm³/mol. The molecule has 23 nitrogen and oxygen atoms in total. The summed E-state index contributed by atoms with van der Waals surface area (Å²) in [6.07, 6.45) is 5.51. The number of esters is 2. The lowest BCUT2D eigenvalue weighted by atomic mass is 10.1. The molecule has 0 bridgehead atoms. The van der Waals surface area contributed by atoms with Crippen molar-refractivity contribution in [2.24, 2.45) is 0 Å². The number of carbonyl (C=O) groups excluding carboxylic acids is 4. The number of nitro groups is 1. The first kappa shape index (κ1) is 45.4. The summed E-state index contributed by atoms with van der Waals surface area (Å²) in [7, 11) is 2.57. The lowest BCUT2D eigenvalue weighted by Crippen LogP contribution is -2.33. The van der Waals surface area contributed by atoms with Crippen molar-refractivity contribution in [3.63, 3.8) is 0 Å². The van der Waals surface area contributed by atoms with Crippen molar-refractivity contribution in [2.75, 3.05) is 42.1 Å². The summed E-state index contributed by atoms with van der Waals surface area (Å²) in [6.45, 7) is 1.65. The van der Waals surface area contributed by atoms with Gasteiger partial charge in [0, 0.05) is 30.4 Å². The molecule has 0 unspecified atom stereocenters. The maximum Gasteiger partial charge on any atom is 0.415 e. The molecule has 0 saturated carbocycles. The van der Waals surface area contributed by atoms with Gasteiger partial charge in [0.05, 0.1) is 56.4 Å². The van der Waals surface area contributed by atoms with E-state index in [9.17, 15) is 29.3 Å². The van der Waals surface area contributed by atoms with E-state index in [-0.39, 0.29) is 68.1 Å². The zero-order valence-electron chi connectivity index (χ0n) is 32.1. The van der Waals surface area contributed by atoms with Crippen molar-refractivity contribution >= 4 is 52.9 Å². The molecule has 0 spiro atoms. The minimum absolute atomic E-state index is 0. The summed E-state index contributed by atoms with van der Waals surface area (Å²) >= 11 is 0. The Morgan fingerprint density at radius 3 is 1.93 bits per heavy atom. The molecule has 1 aliphatic rings. The van der Waals surface area contributed by atoms with Gasteiger partial charge in [0.15, 0.2) is 0 Å². The van der Waals surface area contributed by atoms with Gasteiger partial charge in [-0.05, 0) is 54.4 Å². The molecule has 0 fully saturated rings. The van der Waals surface area contributed by atoms with E-state index in [2.05, 4.69) is 30.1 Å². The van der Waals surface area contributed by atoms with Gasteiger partial charge in [0.2, 0.25) is 17.5 Å².